The number of hydrogen-bond donors (Lipinski definition) is 1. The topological polar surface area (TPSA) is 41.6 Å². The van der Waals surface area contributed by atoms with E-state index in [-0.39, 0.29) is 0 Å². The van der Waals surface area contributed by atoms with E-state index in [0.717, 1.165) is 36.5 Å². The first-order valence-corrected chi connectivity index (χ1v) is 11.1. The number of fused-ring (bicyclic) bond motifs is 5. The third kappa shape index (κ3) is 2.96. The summed E-state index contributed by atoms with van der Waals surface area (Å²) in [7, 11) is 0. The van der Waals surface area contributed by atoms with E-state index in [4.69, 9.17) is 0 Å². The molecule has 0 bridgehead atoms. The number of aromatic nitrogens is 3. The van der Waals surface area contributed by atoms with E-state index in [9.17, 15) is 0 Å². The second-order valence-electron chi connectivity index (χ2n) is 8.74. The molecule has 0 radical (unpaired) electrons. The summed E-state index contributed by atoms with van der Waals surface area (Å²) in [4.78, 5) is 4.56. The smallest absolute Gasteiger partial charge is 0.181 e. The SMILES string of the molecule is Cc1nc(-c2ccc(C)c(C3Cc4c(ccc5c4=CCCC=5)-c4ccccc43)c2)n[nH]1. The molecular weight excluding hydrogens is 378 g/mol. The van der Waals surface area contributed by atoms with E-state index >= 15 is 0 Å². The van der Waals surface area contributed by atoms with Gasteiger partial charge >= 0.3 is 0 Å². The molecule has 2 aliphatic carbocycles. The molecule has 0 saturated heterocycles. The van der Waals surface area contributed by atoms with Crippen LogP contribution < -0.4 is 10.4 Å². The summed E-state index contributed by atoms with van der Waals surface area (Å²) in [5.74, 6) is 1.93. The van der Waals surface area contributed by atoms with Gasteiger partial charge in [0.15, 0.2) is 5.82 Å². The number of aryl methyl sites for hydroxylation is 2. The number of aromatic amines is 1. The van der Waals surface area contributed by atoms with Gasteiger partial charge in [-0.15, -0.1) is 0 Å². The Morgan fingerprint density at radius 2 is 1.74 bits per heavy atom. The first kappa shape index (κ1) is 18.3. The van der Waals surface area contributed by atoms with Gasteiger partial charge in [-0.1, -0.05) is 60.7 Å². The van der Waals surface area contributed by atoms with Gasteiger partial charge in [0.25, 0.3) is 0 Å². The van der Waals surface area contributed by atoms with Crippen LogP contribution in [0.15, 0.2) is 54.6 Å². The molecule has 3 aromatic carbocycles. The van der Waals surface area contributed by atoms with Crippen molar-refractivity contribution in [1.82, 2.24) is 15.2 Å². The highest BCUT2D eigenvalue weighted by Gasteiger charge is 2.28. The van der Waals surface area contributed by atoms with Crippen molar-refractivity contribution in [2.45, 2.75) is 39.0 Å². The normalized spacial score (nSPS) is 16.5. The Kier molecular flexibility index (Phi) is 4.17. The van der Waals surface area contributed by atoms with E-state index in [1.165, 1.54) is 43.8 Å². The van der Waals surface area contributed by atoms with Crippen molar-refractivity contribution in [2.24, 2.45) is 0 Å². The van der Waals surface area contributed by atoms with Crippen molar-refractivity contribution in [1.29, 1.82) is 0 Å². The number of hydrogen-bond acceptors (Lipinski definition) is 2. The van der Waals surface area contributed by atoms with Crippen LogP contribution in [0.4, 0.5) is 0 Å². The van der Waals surface area contributed by atoms with Gasteiger partial charge in [-0.05, 0) is 83.0 Å². The average molecular weight is 404 g/mol. The molecule has 1 aromatic heterocycles. The highest BCUT2D eigenvalue weighted by molar-refractivity contribution is 5.76. The van der Waals surface area contributed by atoms with Gasteiger partial charge in [0.1, 0.15) is 5.82 Å². The molecule has 1 atom stereocenters. The second-order valence-corrected chi connectivity index (χ2v) is 8.74. The lowest BCUT2D eigenvalue weighted by Crippen LogP contribution is -2.33. The summed E-state index contributed by atoms with van der Waals surface area (Å²) in [6.07, 6.45) is 8.14. The lowest BCUT2D eigenvalue weighted by Gasteiger charge is -2.30. The first-order valence-electron chi connectivity index (χ1n) is 11.1. The molecule has 4 aromatic rings. The maximum absolute atomic E-state index is 4.56. The fourth-order valence-corrected chi connectivity index (χ4v) is 5.31. The summed E-state index contributed by atoms with van der Waals surface area (Å²) >= 11 is 0. The summed E-state index contributed by atoms with van der Waals surface area (Å²) in [6, 6.07) is 20.2. The molecule has 3 nitrogen and oxygen atoms in total. The fourth-order valence-electron chi connectivity index (χ4n) is 5.31. The molecule has 6 rings (SSSR count). The number of benzene rings is 3. The molecule has 0 amide bonds. The highest BCUT2D eigenvalue weighted by atomic mass is 15.2. The molecule has 0 fully saturated rings. The minimum atomic E-state index is 0.325. The van der Waals surface area contributed by atoms with E-state index < -0.39 is 0 Å². The zero-order valence-electron chi connectivity index (χ0n) is 17.9. The lowest BCUT2D eigenvalue weighted by atomic mass is 9.73. The third-order valence-electron chi connectivity index (χ3n) is 6.81. The Bertz CT molecular complexity index is 1440. The van der Waals surface area contributed by atoms with Crippen LogP contribution in [0, 0.1) is 13.8 Å². The Morgan fingerprint density at radius 1 is 0.871 bits per heavy atom. The maximum atomic E-state index is 4.56. The molecule has 0 spiro atoms. The average Bonchev–Trinajstić information content (AvgIpc) is 3.25. The molecule has 0 aliphatic heterocycles. The van der Waals surface area contributed by atoms with Crippen molar-refractivity contribution >= 4 is 12.2 Å². The van der Waals surface area contributed by atoms with Gasteiger partial charge in [-0.25, -0.2) is 4.98 Å². The standard InChI is InChI=1S/C28H25N3/c1-17-11-12-20(28-29-18(2)30-31-28)15-25(17)27-16-26-21-8-4-3-7-19(21)13-14-24(26)22-9-5-6-10-23(22)27/h5-15,27H,3-4,16H2,1-2H3,(H,29,30,31). The first-order chi connectivity index (χ1) is 15.2. The zero-order valence-corrected chi connectivity index (χ0v) is 17.9. The van der Waals surface area contributed by atoms with Crippen LogP contribution in [0.25, 0.3) is 34.7 Å². The maximum Gasteiger partial charge on any atom is 0.181 e. The third-order valence-corrected chi connectivity index (χ3v) is 6.81. The zero-order chi connectivity index (χ0) is 20.9. The van der Waals surface area contributed by atoms with Crippen molar-refractivity contribution in [3.63, 3.8) is 0 Å². The largest absolute Gasteiger partial charge is 0.263 e. The van der Waals surface area contributed by atoms with Crippen molar-refractivity contribution in [3.8, 4) is 22.5 Å². The van der Waals surface area contributed by atoms with E-state index in [1.54, 1.807) is 0 Å². The van der Waals surface area contributed by atoms with Crippen LogP contribution in [0.1, 0.15) is 46.8 Å². The molecular formula is C28H25N3. The molecule has 31 heavy (non-hydrogen) atoms. The Balaban J connectivity index is 1.57. The Hall–Kier alpha value is -3.46. The molecule has 152 valence electrons. The van der Waals surface area contributed by atoms with Crippen LogP contribution in [0.5, 0.6) is 0 Å². The number of H-pyrrole nitrogens is 1. The van der Waals surface area contributed by atoms with Crippen molar-refractivity contribution < 1.29 is 0 Å². The van der Waals surface area contributed by atoms with Gasteiger partial charge in [0.05, 0.1) is 0 Å². The number of nitrogens with one attached hydrogen (secondary N) is 1. The van der Waals surface area contributed by atoms with Crippen LogP contribution in [0.2, 0.25) is 0 Å². The summed E-state index contributed by atoms with van der Waals surface area (Å²) in [6.45, 7) is 4.16. The quantitative estimate of drug-likeness (QED) is 0.522. The molecule has 2 aliphatic rings. The molecule has 1 unspecified atom stereocenters. The minimum absolute atomic E-state index is 0.325. The summed E-state index contributed by atoms with van der Waals surface area (Å²) < 4.78 is 0. The van der Waals surface area contributed by atoms with Gasteiger partial charge < -0.3 is 0 Å². The predicted octanol–water partition coefficient (Wildman–Crippen LogP) is 4.80. The van der Waals surface area contributed by atoms with Gasteiger partial charge in [-0.2, -0.15) is 5.10 Å². The van der Waals surface area contributed by atoms with Gasteiger partial charge in [0.2, 0.25) is 0 Å². The van der Waals surface area contributed by atoms with Crippen LogP contribution in [0.3, 0.4) is 0 Å². The van der Waals surface area contributed by atoms with E-state index in [0.29, 0.717) is 5.92 Å². The van der Waals surface area contributed by atoms with Crippen LogP contribution in [-0.2, 0) is 6.42 Å². The monoisotopic (exact) mass is 403 g/mol. The van der Waals surface area contributed by atoms with Crippen molar-refractivity contribution in [3.05, 3.63) is 93.1 Å². The minimum Gasteiger partial charge on any atom is -0.263 e. The Labute approximate surface area is 182 Å². The fraction of sp³-hybridized carbons (Fsp3) is 0.214. The number of nitrogens with zero attached hydrogens (tertiary/aromatic N) is 2. The highest BCUT2D eigenvalue weighted by Crippen LogP contribution is 2.42. The Morgan fingerprint density at radius 3 is 2.61 bits per heavy atom. The van der Waals surface area contributed by atoms with Crippen LogP contribution >= 0.6 is 0 Å². The van der Waals surface area contributed by atoms with Crippen LogP contribution in [-0.4, -0.2) is 15.2 Å². The molecule has 3 heteroatoms. The summed E-state index contributed by atoms with van der Waals surface area (Å²) in [5, 5.41) is 10.2. The van der Waals surface area contributed by atoms with E-state index in [2.05, 4.69) is 88.9 Å². The number of rotatable bonds is 2. The van der Waals surface area contributed by atoms with Gasteiger partial charge in [0, 0.05) is 11.5 Å². The van der Waals surface area contributed by atoms with E-state index in [1.807, 2.05) is 6.92 Å². The molecule has 1 N–H and O–H groups in total. The van der Waals surface area contributed by atoms with Crippen molar-refractivity contribution in [2.75, 3.05) is 0 Å². The predicted molar refractivity (Wildman–Crippen MR) is 126 cm³/mol. The molecule has 1 heterocycles. The summed E-state index contributed by atoms with van der Waals surface area (Å²) in [5.41, 5.74) is 9.44. The second kappa shape index (κ2) is 7.05. The molecule has 0 saturated carbocycles. The lowest BCUT2D eigenvalue weighted by molar-refractivity contribution is 0.781. The van der Waals surface area contributed by atoms with Gasteiger partial charge in [-0.3, -0.25) is 5.10 Å².